The first-order valence-electron chi connectivity index (χ1n) is 6.50. The summed E-state index contributed by atoms with van der Waals surface area (Å²) < 4.78 is 38.3. The van der Waals surface area contributed by atoms with E-state index in [0.29, 0.717) is 5.56 Å². The first kappa shape index (κ1) is 15.6. The minimum absolute atomic E-state index is 0.110. The van der Waals surface area contributed by atoms with Gasteiger partial charge in [0.25, 0.3) is 5.91 Å². The van der Waals surface area contributed by atoms with Gasteiger partial charge in [-0.15, -0.1) is 0 Å². The number of rotatable bonds is 2. The second-order valence-corrected chi connectivity index (χ2v) is 5.45. The first-order valence-corrected chi connectivity index (χ1v) is 6.50. The molecule has 1 atom stereocenters. The van der Waals surface area contributed by atoms with Crippen LogP contribution >= 0.6 is 0 Å². The molecule has 4 nitrogen and oxygen atoms in total. The van der Waals surface area contributed by atoms with Crippen LogP contribution in [0.2, 0.25) is 0 Å². The Bertz CT molecular complexity index is 545. The number of halogens is 3. The smallest absolute Gasteiger partial charge is 0.379 e. The van der Waals surface area contributed by atoms with Gasteiger partial charge in [0.1, 0.15) is 0 Å². The lowest BCUT2D eigenvalue weighted by Crippen LogP contribution is -2.48. The van der Waals surface area contributed by atoms with Gasteiger partial charge in [0.15, 0.2) is 5.60 Å². The quantitative estimate of drug-likeness (QED) is 0.907. The Morgan fingerprint density at radius 3 is 2.57 bits per heavy atom. The lowest BCUT2D eigenvalue weighted by atomic mass is 10.0. The average Bonchev–Trinajstić information content (AvgIpc) is 2.81. The molecule has 1 aromatic rings. The van der Waals surface area contributed by atoms with Crippen molar-refractivity contribution in [1.82, 2.24) is 4.90 Å². The van der Waals surface area contributed by atoms with Crippen molar-refractivity contribution < 1.29 is 23.1 Å². The third-order valence-corrected chi connectivity index (χ3v) is 3.67. The second kappa shape index (κ2) is 5.22. The summed E-state index contributed by atoms with van der Waals surface area (Å²) in [7, 11) is 3.61. The molecule has 2 rings (SSSR count). The SMILES string of the molecule is CN(C)c1cccc(C(=O)N2CCC(O)(C(F)(F)F)C2)c1. The molecule has 1 fully saturated rings. The average molecular weight is 302 g/mol. The Balaban J connectivity index is 2.17. The summed E-state index contributed by atoms with van der Waals surface area (Å²) in [4.78, 5) is 15.1. The zero-order valence-corrected chi connectivity index (χ0v) is 11.8. The molecular weight excluding hydrogens is 285 g/mol. The minimum atomic E-state index is -4.73. The van der Waals surface area contributed by atoms with E-state index in [9.17, 15) is 23.1 Å². The van der Waals surface area contributed by atoms with E-state index < -0.39 is 30.7 Å². The van der Waals surface area contributed by atoms with Crippen molar-refractivity contribution in [1.29, 1.82) is 0 Å². The van der Waals surface area contributed by atoms with Crippen LogP contribution in [0.1, 0.15) is 16.8 Å². The number of likely N-dealkylation sites (tertiary alicyclic amines) is 1. The molecule has 1 unspecified atom stereocenters. The van der Waals surface area contributed by atoms with E-state index in [1.165, 1.54) is 0 Å². The van der Waals surface area contributed by atoms with Gasteiger partial charge in [-0.1, -0.05) is 6.07 Å². The third kappa shape index (κ3) is 2.97. The van der Waals surface area contributed by atoms with Crippen molar-refractivity contribution in [3.8, 4) is 0 Å². The van der Waals surface area contributed by atoms with Gasteiger partial charge in [-0.05, 0) is 18.2 Å². The van der Waals surface area contributed by atoms with Crippen molar-refractivity contribution in [3.05, 3.63) is 29.8 Å². The van der Waals surface area contributed by atoms with Crippen molar-refractivity contribution >= 4 is 11.6 Å². The summed E-state index contributed by atoms with van der Waals surface area (Å²) in [6, 6.07) is 6.65. The normalized spacial score (nSPS) is 22.5. The van der Waals surface area contributed by atoms with Gasteiger partial charge in [-0.3, -0.25) is 4.79 Å². The predicted octanol–water partition coefficient (Wildman–Crippen LogP) is 1.89. The highest BCUT2D eigenvalue weighted by Crippen LogP contribution is 2.38. The molecule has 1 aromatic carbocycles. The summed E-state index contributed by atoms with van der Waals surface area (Å²) in [5, 5.41) is 9.61. The van der Waals surface area contributed by atoms with Crippen LogP contribution in [0, 0.1) is 0 Å². The van der Waals surface area contributed by atoms with Gasteiger partial charge < -0.3 is 14.9 Å². The molecule has 1 N–H and O–H groups in total. The molecule has 0 radical (unpaired) electrons. The highest BCUT2D eigenvalue weighted by atomic mass is 19.4. The van der Waals surface area contributed by atoms with E-state index in [1.807, 2.05) is 14.1 Å². The molecule has 0 aliphatic carbocycles. The highest BCUT2D eigenvalue weighted by molar-refractivity contribution is 5.95. The third-order valence-electron chi connectivity index (χ3n) is 3.67. The maximum absolute atomic E-state index is 12.8. The zero-order valence-electron chi connectivity index (χ0n) is 11.8. The van der Waals surface area contributed by atoms with E-state index in [2.05, 4.69) is 0 Å². The van der Waals surface area contributed by atoms with Crippen LogP contribution in [0.4, 0.5) is 18.9 Å². The van der Waals surface area contributed by atoms with E-state index in [4.69, 9.17) is 0 Å². The van der Waals surface area contributed by atoms with Gasteiger partial charge in [-0.2, -0.15) is 13.2 Å². The van der Waals surface area contributed by atoms with Crippen LogP contribution in [0.3, 0.4) is 0 Å². The fraction of sp³-hybridized carbons (Fsp3) is 0.500. The topological polar surface area (TPSA) is 43.8 Å². The number of carbonyl (C=O) groups excluding carboxylic acids is 1. The molecule has 116 valence electrons. The number of amides is 1. The molecule has 0 spiro atoms. The van der Waals surface area contributed by atoms with Gasteiger partial charge in [0.2, 0.25) is 0 Å². The molecule has 1 saturated heterocycles. The molecule has 21 heavy (non-hydrogen) atoms. The molecule has 7 heteroatoms. The number of hydrogen-bond acceptors (Lipinski definition) is 3. The zero-order chi connectivity index (χ0) is 15.8. The Morgan fingerprint density at radius 1 is 1.38 bits per heavy atom. The van der Waals surface area contributed by atoms with Gasteiger partial charge in [-0.25, -0.2) is 0 Å². The van der Waals surface area contributed by atoms with Crippen LogP contribution in [0.25, 0.3) is 0 Å². The van der Waals surface area contributed by atoms with E-state index in [-0.39, 0.29) is 6.54 Å². The van der Waals surface area contributed by atoms with Crippen LogP contribution < -0.4 is 4.90 Å². The Morgan fingerprint density at radius 2 is 2.05 bits per heavy atom. The summed E-state index contributed by atoms with van der Waals surface area (Å²) >= 11 is 0. The van der Waals surface area contributed by atoms with Gasteiger partial charge >= 0.3 is 6.18 Å². The lowest BCUT2D eigenvalue weighted by Gasteiger charge is -2.26. The van der Waals surface area contributed by atoms with Crippen LogP contribution in [0.15, 0.2) is 24.3 Å². The summed E-state index contributed by atoms with van der Waals surface area (Å²) in [6.07, 6.45) is -5.22. The fourth-order valence-corrected chi connectivity index (χ4v) is 2.30. The van der Waals surface area contributed by atoms with Crippen molar-refractivity contribution in [2.24, 2.45) is 0 Å². The molecule has 1 aliphatic heterocycles. The highest BCUT2D eigenvalue weighted by Gasteiger charge is 2.57. The molecule has 1 aliphatic rings. The summed E-state index contributed by atoms with van der Waals surface area (Å²) in [6.45, 7) is -0.831. The van der Waals surface area contributed by atoms with Crippen LogP contribution in [0.5, 0.6) is 0 Å². The number of aliphatic hydroxyl groups is 1. The number of anilines is 1. The molecular formula is C14H17F3N2O2. The molecule has 1 amide bonds. The van der Waals surface area contributed by atoms with E-state index in [0.717, 1.165) is 10.6 Å². The lowest BCUT2D eigenvalue weighted by molar-refractivity contribution is -0.253. The molecule has 0 bridgehead atoms. The van der Waals surface area contributed by atoms with Crippen molar-refractivity contribution in [2.75, 3.05) is 32.1 Å². The summed E-state index contributed by atoms with van der Waals surface area (Å²) in [5.74, 6) is -0.501. The number of hydrogen-bond donors (Lipinski definition) is 1. The van der Waals surface area contributed by atoms with Gasteiger partial charge in [0, 0.05) is 38.3 Å². The standard InChI is InChI=1S/C14H17F3N2O2/c1-18(2)11-5-3-4-10(8-11)12(20)19-7-6-13(21,9-19)14(15,16)17/h3-5,8,21H,6-7,9H2,1-2H3. The van der Waals surface area contributed by atoms with Crippen molar-refractivity contribution in [2.45, 2.75) is 18.2 Å². The predicted molar refractivity (Wildman–Crippen MR) is 72.3 cm³/mol. The minimum Gasteiger partial charge on any atom is -0.379 e. The Kier molecular flexibility index (Phi) is 3.88. The number of β-amino-alcohol motifs (C(OH)–C–C–N with tert-alkyl or cyclic N) is 1. The Hall–Kier alpha value is -1.76. The number of carbonyl (C=O) groups is 1. The number of nitrogens with zero attached hydrogens (tertiary/aromatic N) is 2. The first-order chi connectivity index (χ1) is 9.64. The van der Waals surface area contributed by atoms with Gasteiger partial charge in [0.05, 0.1) is 6.54 Å². The maximum Gasteiger partial charge on any atom is 0.419 e. The monoisotopic (exact) mass is 302 g/mol. The van der Waals surface area contributed by atoms with E-state index >= 15 is 0 Å². The molecule has 1 heterocycles. The largest absolute Gasteiger partial charge is 0.419 e. The van der Waals surface area contributed by atoms with E-state index in [1.54, 1.807) is 29.2 Å². The second-order valence-electron chi connectivity index (χ2n) is 5.45. The fourth-order valence-electron chi connectivity index (χ4n) is 2.30. The molecule has 0 saturated carbocycles. The van der Waals surface area contributed by atoms with Crippen LogP contribution in [-0.4, -0.2) is 54.9 Å². The van der Waals surface area contributed by atoms with Crippen molar-refractivity contribution in [3.63, 3.8) is 0 Å². The summed E-state index contributed by atoms with van der Waals surface area (Å²) in [5.41, 5.74) is -1.71. The number of benzene rings is 1. The maximum atomic E-state index is 12.8. The molecule has 0 aromatic heterocycles. The van der Waals surface area contributed by atoms with Crippen LogP contribution in [-0.2, 0) is 0 Å². The number of alkyl halides is 3. The Labute approximate surface area is 120 Å².